The number of benzene rings is 2. The number of hydrogen-bond donors (Lipinski definition) is 1. The lowest BCUT2D eigenvalue weighted by Gasteiger charge is -2.22. The number of methoxy groups -OCH3 is 2. The minimum Gasteiger partial charge on any atom is -0.468 e. The molecule has 0 bridgehead atoms. The Morgan fingerprint density at radius 3 is 2.19 bits per heavy atom. The molecule has 1 N–H and O–H groups in total. The number of ether oxygens (including phenoxy) is 2. The maximum atomic E-state index is 12.7. The van der Waals surface area contributed by atoms with E-state index in [4.69, 9.17) is 14.5 Å². The average molecular weight is 439 g/mol. The number of esters is 2. The van der Waals surface area contributed by atoms with Crippen molar-refractivity contribution in [1.29, 1.82) is 0 Å². The van der Waals surface area contributed by atoms with Gasteiger partial charge in [-0.25, -0.2) is 14.8 Å². The second-order valence-corrected chi connectivity index (χ2v) is 8.35. The van der Waals surface area contributed by atoms with Crippen LogP contribution >= 0.6 is 0 Å². The lowest BCUT2D eigenvalue weighted by atomic mass is 9.89. The summed E-state index contributed by atoms with van der Waals surface area (Å²) in [6.45, 7) is 4.33. The first-order valence-corrected chi connectivity index (χ1v) is 10.9. The molecule has 0 aliphatic carbocycles. The van der Waals surface area contributed by atoms with Gasteiger partial charge >= 0.3 is 11.9 Å². The van der Waals surface area contributed by atoms with E-state index in [0.717, 1.165) is 19.3 Å². The van der Waals surface area contributed by atoms with Crippen LogP contribution in [-0.4, -0.2) is 47.3 Å². The second kappa shape index (κ2) is 10.5. The molecule has 0 aliphatic rings. The van der Waals surface area contributed by atoms with Crippen molar-refractivity contribution >= 4 is 34.0 Å². The molecule has 7 nitrogen and oxygen atoms in total. The summed E-state index contributed by atoms with van der Waals surface area (Å²) in [5.41, 5.74) is 2.82. The highest BCUT2D eigenvalue weighted by Gasteiger charge is 2.31. The summed E-state index contributed by atoms with van der Waals surface area (Å²) in [6.07, 6.45) is 2.45. The van der Waals surface area contributed by atoms with Crippen LogP contribution in [0.25, 0.3) is 22.1 Å². The molecule has 3 rings (SSSR count). The highest BCUT2D eigenvalue weighted by atomic mass is 16.5. The number of carbonyl (C=O) groups excluding carboxylic acids is 2. The summed E-state index contributed by atoms with van der Waals surface area (Å²) in [7, 11) is 2.63. The molecule has 0 saturated heterocycles. The third-order valence-electron chi connectivity index (χ3n) is 5.64. The van der Waals surface area contributed by atoms with Crippen LogP contribution in [0.5, 0.6) is 0 Å². The van der Waals surface area contributed by atoms with Crippen LogP contribution in [0.1, 0.15) is 61.4 Å². The smallest absolute Gasteiger partial charge is 0.340 e. The minimum absolute atomic E-state index is 0.319. The molecular formula is C25H30N2O5. The zero-order valence-corrected chi connectivity index (χ0v) is 19.0. The quantitative estimate of drug-likeness (QED) is 0.300. The Bertz CT molecular complexity index is 1110. The Morgan fingerprint density at radius 1 is 0.906 bits per heavy atom. The van der Waals surface area contributed by atoms with E-state index in [0.29, 0.717) is 45.5 Å². The van der Waals surface area contributed by atoms with E-state index in [9.17, 15) is 14.7 Å². The van der Waals surface area contributed by atoms with Gasteiger partial charge in [-0.1, -0.05) is 51.3 Å². The van der Waals surface area contributed by atoms with Gasteiger partial charge in [0.2, 0.25) is 0 Å². The van der Waals surface area contributed by atoms with Crippen LogP contribution in [0.15, 0.2) is 36.4 Å². The summed E-state index contributed by atoms with van der Waals surface area (Å²) in [6, 6.07) is 10.4. The van der Waals surface area contributed by atoms with Crippen LogP contribution in [-0.2, 0) is 14.3 Å². The van der Waals surface area contributed by atoms with E-state index in [1.165, 1.54) is 14.2 Å². The molecule has 0 unspecified atom stereocenters. The third-order valence-corrected chi connectivity index (χ3v) is 5.64. The molecule has 2 aromatic carbocycles. The summed E-state index contributed by atoms with van der Waals surface area (Å²) in [5, 5.41) is 10.9. The van der Waals surface area contributed by atoms with Gasteiger partial charge in [-0.2, -0.15) is 0 Å². The number of fused-ring (bicyclic) bond motifs is 2. The second-order valence-electron chi connectivity index (χ2n) is 8.35. The maximum Gasteiger partial charge on any atom is 0.340 e. The maximum absolute atomic E-state index is 12.7. The molecule has 0 fully saturated rings. The predicted molar refractivity (Wildman–Crippen MR) is 122 cm³/mol. The van der Waals surface area contributed by atoms with Crippen LogP contribution in [0, 0.1) is 5.92 Å². The van der Waals surface area contributed by atoms with E-state index in [2.05, 4.69) is 18.8 Å². The number of unbranched alkanes of at least 4 members (excludes halogenated alkanes) is 1. The SMILES string of the molecule is COC(=O)c1cccc2nc3c([C@H](C(=O)OC)[C@H](O)CCCCC(C)C)cccc3nc12. The van der Waals surface area contributed by atoms with Gasteiger partial charge in [0, 0.05) is 0 Å². The molecule has 32 heavy (non-hydrogen) atoms. The van der Waals surface area contributed by atoms with Crippen molar-refractivity contribution in [3.8, 4) is 0 Å². The van der Waals surface area contributed by atoms with E-state index in [1.807, 2.05) is 0 Å². The van der Waals surface area contributed by atoms with Gasteiger partial charge in [-0.05, 0) is 36.1 Å². The normalized spacial score (nSPS) is 13.3. The van der Waals surface area contributed by atoms with Crippen molar-refractivity contribution in [1.82, 2.24) is 9.97 Å². The van der Waals surface area contributed by atoms with Crippen molar-refractivity contribution in [2.75, 3.05) is 14.2 Å². The Kier molecular flexibility index (Phi) is 7.75. The van der Waals surface area contributed by atoms with Crippen molar-refractivity contribution in [3.63, 3.8) is 0 Å². The standard InChI is InChI=1S/C25H30N2O5/c1-15(2)9-5-6-14-20(28)21(25(30)32-4)16-10-7-12-18-22(16)26-19-13-8-11-17(23(19)27-18)24(29)31-3/h7-8,10-13,15,20-21,28H,5-6,9,14H2,1-4H3/t20-,21+/m1/s1. The van der Waals surface area contributed by atoms with Crippen molar-refractivity contribution in [2.24, 2.45) is 5.92 Å². The highest BCUT2D eigenvalue weighted by molar-refractivity contribution is 6.03. The fourth-order valence-electron chi connectivity index (χ4n) is 3.96. The largest absolute Gasteiger partial charge is 0.468 e. The average Bonchev–Trinajstić information content (AvgIpc) is 2.79. The van der Waals surface area contributed by atoms with Gasteiger partial charge in [-0.3, -0.25) is 4.79 Å². The van der Waals surface area contributed by atoms with Gasteiger partial charge in [0.1, 0.15) is 11.4 Å². The molecule has 170 valence electrons. The molecule has 0 radical (unpaired) electrons. The molecule has 7 heteroatoms. The predicted octanol–water partition coefficient (Wildman–Crippen LogP) is 4.40. The lowest BCUT2D eigenvalue weighted by Crippen LogP contribution is -2.28. The van der Waals surface area contributed by atoms with Crippen molar-refractivity contribution in [3.05, 3.63) is 47.5 Å². The highest BCUT2D eigenvalue weighted by Crippen LogP contribution is 2.31. The van der Waals surface area contributed by atoms with E-state index < -0.39 is 24.0 Å². The summed E-state index contributed by atoms with van der Waals surface area (Å²) < 4.78 is 9.88. The molecule has 0 saturated carbocycles. The van der Waals surface area contributed by atoms with Crippen LogP contribution < -0.4 is 0 Å². The summed E-state index contributed by atoms with van der Waals surface area (Å²) >= 11 is 0. The van der Waals surface area contributed by atoms with Gasteiger partial charge in [0.15, 0.2) is 0 Å². The van der Waals surface area contributed by atoms with Gasteiger partial charge < -0.3 is 14.6 Å². The lowest BCUT2D eigenvalue weighted by molar-refractivity contribution is -0.145. The zero-order chi connectivity index (χ0) is 23.3. The molecule has 0 spiro atoms. The molecule has 1 heterocycles. The van der Waals surface area contributed by atoms with E-state index >= 15 is 0 Å². The Morgan fingerprint density at radius 2 is 1.53 bits per heavy atom. The molecule has 1 aromatic heterocycles. The van der Waals surface area contributed by atoms with E-state index in [-0.39, 0.29) is 0 Å². The number of para-hydroxylation sites is 2. The monoisotopic (exact) mass is 438 g/mol. The summed E-state index contributed by atoms with van der Waals surface area (Å²) in [5.74, 6) is -1.29. The molecule has 3 aromatic rings. The number of nitrogens with zero attached hydrogens (tertiary/aromatic N) is 2. The Balaban J connectivity index is 2.05. The Labute approximate surface area is 187 Å². The first kappa shape index (κ1) is 23.6. The van der Waals surface area contributed by atoms with Crippen LogP contribution in [0.2, 0.25) is 0 Å². The van der Waals surface area contributed by atoms with Gasteiger partial charge in [0.05, 0.1) is 42.4 Å². The van der Waals surface area contributed by atoms with Gasteiger partial charge in [-0.15, -0.1) is 0 Å². The number of aliphatic hydroxyl groups is 1. The summed E-state index contributed by atoms with van der Waals surface area (Å²) in [4.78, 5) is 34.2. The number of hydrogen-bond acceptors (Lipinski definition) is 7. The number of carbonyl (C=O) groups is 2. The van der Waals surface area contributed by atoms with Crippen LogP contribution in [0.3, 0.4) is 0 Å². The number of aliphatic hydroxyl groups excluding tert-OH is 1. The number of rotatable bonds is 9. The van der Waals surface area contributed by atoms with E-state index in [1.54, 1.807) is 36.4 Å². The fourth-order valence-corrected chi connectivity index (χ4v) is 3.96. The fraction of sp³-hybridized carbons (Fsp3) is 0.440. The topological polar surface area (TPSA) is 98.6 Å². The minimum atomic E-state index is -0.904. The third kappa shape index (κ3) is 5.05. The van der Waals surface area contributed by atoms with Crippen molar-refractivity contribution < 1.29 is 24.2 Å². The molecular weight excluding hydrogens is 408 g/mol. The van der Waals surface area contributed by atoms with Crippen molar-refractivity contribution in [2.45, 2.75) is 51.6 Å². The molecule has 0 amide bonds. The first-order valence-electron chi connectivity index (χ1n) is 10.9. The zero-order valence-electron chi connectivity index (χ0n) is 19.0. The van der Waals surface area contributed by atoms with Gasteiger partial charge in [0.25, 0.3) is 0 Å². The van der Waals surface area contributed by atoms with Crippen LogP contribution in [0.4, 0.5) is 0 Å². The molecule has 0 aliphatic heterocycles. The Hall–Kier alpha value is -3.06. The number of aromatic nitrogens is 2. The molecule has 2 atom stereocenters. The first-order chi connectivity index (χ1) is 15.4.